The van der Waals surface area contributed by atoms with Crippen molar-refractivity contribution in [3.05, 3.63) is 29.8 Å². The Labute approximate surface area is 172 Å². The van der Waals surface area contributed by atoms with Crippen molar-refractivity contribution in [1.82, 2.24) is 4.90 Å². The van der Waals surface area contributed by atoms with Gasteiger partial charge in [-0.05, 0) is 56.2 Å². The van der Waals surface area contributed by atoms with E-state index in [-0.39, 0.29) is 11.6 Å². The quantitative estimate of drug-likeness (QED) is 0.507. The van der Waals surface area contributed by atoms with Crippen molar-refractivity contribution in [2.24, 2.45) is 5.73 Å². The largest absolute Gasteiger partial charge is 0.378 e. The van der Waals surface area contributed by atoms with Crippen LogP contribution in [0.3, 0.4) is 0 Å². The molecule has 0 radical (unpaired) electrons. The fraction of sp³-hybridized carbons (Fsp3) is 0.708. The van der Waals surface area contributed by atoms with E-state index in [1.54, 1.807) is 0 Å². The van der Waals surface area contributed by atoms with Crippen LogP contribution in [-0.4, -0.2) is 37.1 Å². The maximum absolute atomic E-state index is 12.3. The Morgan fingerprint density at radius 2 is 1.75 bits per heavy atom. The predicted molar refractivity (Wildman–Crippen MR) is 120 cm³/mol. The van der Waals surface area contributed by atoms with Crippen LogP contribution in [0.4, 0.5) is 10.5 Å². The zero-order chi connectivity index (χ0) is 20.6. The lowest BCUT2D eigenvalue weighted by Gasteiger charge is -2.46. The summed E-state index contributed by atoms with van der Waals surface area (Å²) in [5, 5.41) is 0. The fourth-order valence-corrected chi connectivity index (χ4v) is 4.73. The van der Waals surface area contributed by atoms with Gasteiger partial charge in [-0.25, -0.2) is 4.79 Å². The standard InChI is InChI=1S/C24H41N3O/c1-5-6-7-8-9-10-18-27(23(25)28)24(2)17-11-12-21(19-24)20-13-15-22(16-14-20)26(3)4/h13-16,21H,5-12,17-19H2,1-4H3,(H2,25,28). The molecule has 1 fully saturated rings. The highest BCUT2D eigenvalue weighted by molar-refractivity contribution is 5.73. The predicted octanol–water partition coefficient (Wildman–Crippen LogP) is 5.91. The second kappa shape index (κ2) is 10.7. The highest BCUT2D eigenvalue weighted by Crippen LogP contribution is 2.42. The summed E-state index contributed by atoms with van der Waals surface area (Å²) in [5.74, 6) is 0.501. The second-order valence-corrected chi connectivity index (χ2v) is 9.03. The van der Waals surface area contributed by atoms with Crippen LogP contribution in [0.1, 0.15) is 89.5 Å². The molecule has 1 aliphatic rings. The van der Waals surface area contributed by atoms with Crippen LogP contribution in [0.15, 0.2) is 24.3 Å². The monoisotopic (exact) mass is 387 g/mol. The first-order valence-electron chi connectivity index (χ1n) is 11.2. The molecule has 1 saturated carbocycles. The van der Waals surface area contributed by atoms with Gasteiger partial charge in [-0.2, -0.15) is 0 Å². The molecular formula is C24H41N3O. The van der Waals surface area contributed by atoms with Gasteiger partial charge in [0.1, 0.15) is 0 Å². The number of nitrogens with two attached hydrogens (primary N) is 1. The molecule has 2 N–H and O–H groups in total. The molecule has 0 aliphatic heterocycles. The number of carbonyl (C=O) groups excluding carboxylic acids is 1. The summed E-state index contributed by atoms with van der Waals surface area (Å²) < 4.78 is 0. The molecular weight excluding hydrogens is 346 g/mol. The van der Waals surface area contributed by atoms with E-state index in [2.05, 4.69) is 57.1 Å². The molecule has 2 rings (SSSR count). The Morgan fingerprint density at radius 1 is 1.11 bits per heavy atom. The summed E-state index contributed by atoms with van der Waals surface area (Å²) in [6.45, 7) is 5.28. The van der Waals surface area contributed by atoms with Gasteiger partial charge < -0.3 is 15.5 Å². The maximum Gasteiger partial charge on any atom is 0.315 e. The maximum atomic E-state index is 12.3. The number of unbranched alkanes of at least 4 members (excludes halogenated alkanes) is 5. The molecule has 1 aromatic rings. The number of hydrogen-bond acceptors (Lipinski definition) is 2. The lowest BCUT2D eigenvalue weighted by Crippen LogP contribution is -2.54. The van der Waals surface area contributed by atoms with Gasteiger partial charge in [0.15, 0.2) is 0 Å². The van der Waals surface area contributed by atoms with Crippen LogP contribution in [0.2, 0.25) is 0 Å². The summed E-state index contributed by atoms with van der Waals surface area (Å²) >= 11 is 0. The molecule has 4 nitrogen and oxygen atoms in total. The molecule has 4 heteroatoms. The molecule has 1 aliphatic carbocycles. The Morgan fingerprint density at radius 3 is 2.36 bits per heavy atom. The van der Waals surface area contributed by atoms with E-state index < -0.39 is 0 Å². The average molecular weight is 388 g/mol. The fourth-order valence-electron chi connectivity index (χ4n) is 4.73. The summed E-state index contributed by atoms with van der Waals surface area (Å²) in [4.78, 5) is 16.4. The molecule has 2 unspecified atom stereocenters. The van der Waals surface area contributed by atoms with Crippen molar-refractivity contribution < 1.29 is 4.79 Å². The topological polar surface area (TPSA) is 49.6 Å². The Bertz CT molecular complexity index is 598. The molecule has 1 aromatic carbocycles. The number of anilines is 1. The van der Waals surface area contributed by atoms with Gasteiger partial charge in [-0.3, -0.25) is 0 Å². The third kappa shape index (κ3) is 6.15. The van der Waals surface area contributed by atoms with Crippen LogP contribution in [-0.2, 0) is 0 Å². The second-order valence-electron chi connectivity index (χ2n) is 9.03. The Kier molecular flexibility index (Phi) is 8.65. The zero-order valence-electron chi connectivity index (χ0n) is 18.5. The first-order chi connectivity index (χ1) is 13.4. The minimum atomic E-state index is -0.250. The third-order valence-corrected chi connectivity index (χ3v) is 6.49. The SMILES string of the molecule is CCCCCCCCN(C(N)=O)C1(C)CCCC(c2ccc(N(C)C)cc2)C1. The smallest absolute Gasteiger partial charge is 0.315 e. The molecule has 158 valence electrons. The highest BCUT2D eigenvalue weighted by Gasteiger charge is 2.39. The van der Waals surface area contributed by atoms with Crippen LogP contribution in [0, 0.1) is 0 Å². The van der Waals surface area contributed by atoms with E-state index in [1.807, 2.05) is 4.90 Å². The van der Waals surface area contributed by atoms with Gasteiger partial charge in [0.25, 0.3) is 0 Å². The number of amides is 2. The van der Waals surface area contributed by atoms with Crippen LogP contribution in [0.25, 0.3) is 0 Å². The van der Waals surface area contributed by atoms with Crippen molar-refractivity contribution in [3.8, 4) is 0 Å². The normalized spacial score (nSPS) is 22.1. The molecule has 0 bridgehead atoms. The van der Waals surface area contributed by atoms with Crippen molar-refractivity contribution in [2.45, 2.75) is 89.5 Å². The summed E-state index contributed by atoms with van der Waals surface area (Å²) in [6, 6.07) is 8.66. The summed E-state index contributed by atoms with van der Waals surface area (Å²) in [6.07, 6.45) is 11.8. The van der Waals surface area contributed by atoms with E-state index in [0.29, 0.717) is 5.92 Å². The van der Waals surface area contributed by atoms with Crippen LogP contribution in [0.5, 0.6) is 0 Å². The van der Waals surface area contributed by atoms with E-state index in [4.69, 9.17) is 5.73 Å². The molecule has 0 saturated heterocycles. The van der Waals surface area contributed by atoms with E-state index >= 15 is 0 Å². The summed E-state index contributed by atoms with van der Waals surface area (Å²) in [5.41, 5.74) is 8.32. The number of nitrogens with zero attached hydrogens (tertiary/aromatic N) is 2. The van der Waals surface area contributed by atoms with Gasteiger partial charge in [-0.1, -0.05) is 57.6 Å². The number of benzene rings is 1. The minimum Gasteiger partial charge on any atom is -0.378 e. The third-order valence-electron chi connectivity index (χ3n) is 6.49. The number of rotatable bonds is 10. The molecule has 28 heavy (non-hydrogen) atoms. The number of carbonyl (C=O) groups is 1. The number of primary amides is 1. The van der Waals surface area contributed by atoms with E-state index in [0.717, 1.165) is 32.2 Å². The van der Waals surface area contributed by atoms with Gasteiger partial charge in [0.05, 0.1) is 0 Å². The molecule has 2 atom stereocenters. The summed E-state index contributed by atoms with van der Waals surface area (Å²) in [7, 11) is 4.14. The van der Waals surface area contributed by atoms with Crippen molar-refractivity contribution in [2.75, 3.05) is 25.5 Å². The number of hydrogen-bond donors (Lipinski definition) is 1. The van der Waals surface area contributed by atoms with Crippen LogP contribution < -0.4 is 10.6 Å². The van der Waals surface area contributed by atoms with Crippen LogP contribution >= 0.6 is 0 Å². The van der Waals surface area contributed by atoms with E-state index in [9.17, 15) is 4.79 Å². The first-order valence-corrected chi connectivity index (χ1v) is 11.2. The lowest BCUT2D eigenvalue weighted by molar-refractivity contribution is 0.0873. The van der Waals surface area contributed by atoms with Gasteiger partial charge in [0, 0.05) is 31.9 Å². The molecule has 0 aromatic heterocycles. The first kappa shape index (κ1) is 22.6. The number of urea groups is 1. The van der Waals surface area contributed by atoms with Crippen molar-refractivity contribution in [1.29, 1.82) is 0 Å². The van der Waals surface area contributed by atoms with E-state index in [1.165, 1.54) is 49.8 Å². The van der Waals surface area contributed by atoms with Gasteiger partial charge in [-0.15, -0.1) is 0 Å². The molecule has 0 spiro atoms. The molecule has 2 amide bonds. The molecule has 0 heterocycles. The van der Waals surface area contributed by atoms with Crippen molar-refractivity contribution >= 4 is 11.7 Å². The highest BCUT2D eigenvalue weighted by atomic mass is 16.2. The Hall–Kier alpha value is -1.71. The average Bonchev–Trinajstić information content (AvgIpc) is 2.67. The minimum absolute atomic E-state index is 0.127. The lowest BCUT2D eigenvalue weighted by atomic mass is 9.73. The van der Waals surface area contributed by atoms with Gasteiger partial charge in [0.2, 0.25) is 0 Å². The van der Waals surface area contributed by atoms with Crippen molar-refractivity contribution in [3.63, 3.8) is 0 Å². The Balaban J connectivity index is 1.99. The van der Waals surface area contributed by atoms with Gasteiger partial charge >= 0.3 is 6.03 Å². The zero-order valence-corrected chi connectivity index (χ0v) is 18.5.